The number of rotatable bonds is 10. The van der Waals surface area contributed by atoms with Crippen molar-refractivity contribution in [2.45, 2.75) is 69.8 Å². The molecule has 0 aromatic carbocycles. The van der Waals surface area contributed by atoms with E-state index in [2.05, 4.69) is 25.1 Å². The highest BCUT2D eigenvalue weighted by Crippen LogP contribution is 2.32. The lowest BCUT2D eigenvalue weighted by molar-refractivity contribution is 0.00140. The third-order valence-electron chi connectivity index (χ3n) is 6.28. The van der Waals surface area contributed by atoms with Crippen molar-refractivity contribution in [1.82, 2.24) is 29.7 Å². The van der Waals surface area contributed by atoms with E-state index in [0.717, 1.165) is 5.56 Å². The van der Waals surface area contributed by atoms with Gasteiger partial charge in [-0.1, -0.05) is 6.07 Å². The Balaban J connectivity index is 1.70. The van der Waals surface area contributed by atoms with Crippen molar-refractivity contribution in [3.8, 4) is 17.4 Å². The van der Waals surface area contributed by atoms with Crippen molar-refractivity contribution in [2.75, 3.05) is 20.3 Å². The number of hydrogen-bond donors (Lipinski definition) is 0. The van der Waals surface area contributed by atoms with E-state index < -0.39 is 21.2 Å². The van der Waals surface area contributed by atoms with Crippen LogP contribution in [0.1, 0.15) is 63.0 Å². The van der Waals surface area contributed by atoms with E-state index >= 15 is 0 Å². The van der Waals surface area contributed by atoms with Gasteiger partial charge < -0.3 is 18.8 Å². The summed E-state index contributed by atoms with van der Waals surface area (Å²) in [6.07, 6.45) is 3.71. The van der Waals surface area contributed by atoms with Gasteiger partial charge in [-0.15, -0.1) is 10.2 Å². The Labute approximate surface area is 217 Å². The number of hydrogen-bond acceptors (Lipinski definition) is 10. The third-order valence-corrected chi connectivity index (χ3v) is 8.32. The molecule has 1 aliphatic heterocycles. The van der Waals surface area contributed by atoms with Crippen molar-refractivity contribution in [3.05, 3.63) is 47.8 Å². The van der Waals surface area contributed by atoms with Crippen LogP contribution < -0.4 is 4.74 Å². The van der Waals surface area contributed by atoms with Crippen LogP contribution in [0.5, 0.6) is 5.88 Å². The van der Waals surface area contributed by atoms with E-state index in [0.29, 0.717) is 55.1 Å². The van der Waals surface area contributed by atoms with Gasteiger partial charge in [0.05, 0.1) is 18.5 Å². The molecule has 4 rings (SSSR count). The quantitative estimate of drug-likeness (QED) is 0.385. The van der Waals surface area contributed by atoms with Crippen molar-refractivity contribution < 1.29 is 22.6 Å². The molecule has 12 heteroatoms. The Morgan fingerprint density at radius 2 is 1.81 bits per heavy atom. The lowest BCUT2D eigenvalue weighted by Gasteiger charge is -2.27. The Bertz CT molecular complexity index is 1290. The first-order valence-corrected chi connectivity index (χ1v) is 14.1. The summed E-state index contributed by atoms with van der Waals surface area (Å²) in [7, 11) is -2.22. The molecule has 0 aliphatic carbocycles. The fourth-order valence-corrected chi connectivity index (χ4v) is 5.68. The zero-order chi connectivity index (χ0) is 26.6. The molecule has 0 radical (unpaired) electrons. The number of sulfone groups is 1. The maximum atomic E-state index is 13.8. The molecule has 0 bridgehead atoms. The lowest BCUT2D eigenvalue weighted by atomic mass is 10.1. The molecule has 37 heavy (non-hydrogen) atoms. The lowest BCUT2D eigenvalue weighted by Crippen LogP contribution is -2.32. The zero-order valence-corrected chi connectivity index (χ0v) is 22.7. The molecule has 0 unspecified atom stereocenters. The summed E-state index contributed by atoms with van der Waals surface area (Å²) in [5, 5.41) is 7.79. The average molecular weight is 531 g/mol. The van der Waals surface area contributed by atoms with Crippen LogP contribution in [0.4, 0.5) is 0 Å². The van der Waals surface area contributed by atoms with Gasteiger partial charge in [0.15, 0.2) is 21.5 Å². The number of aryl methyl sites for hydroxylation is 1. The van der Waals surface area contributed by atoms with E-state index in [1.54, 1.807) is 32.5 Å². The van der Waals surface area contributed by atoms with Crippen LogP contribution in [0.2, 0.25) is 0 Å². The summed E-state index contributed by atoms with van der Waals surface area (Å²) in [6, 6.07) is 5.35. The molecule has 0 amide bonds. The van der Waals surface area contributed by atoms with Gasteiger partial charge in [0, 0.05) is 37.7 Å². The second-order valence-corrected chi connectivity index (χ2v) is 11.8. The third kappa shape index (κ3) is 6.31. The first-order chi connectivity index (χ1) is 17.7. The molecular formula is C25H34N6O5S. The number of nitrogens with zero attached hydrogens (tertiary/aromatic N) is 6. The predicted octanol–water partition coefficient (Wildman–Crippen LogP) is 3.27. The number of pyridine rings is 1. The van der Waals surface area contributed by atoms with E-state index in [1.165, 1.54) is 0 Å². The maximum absolute atomic E-state index is 13.8. The second kappa shape index (κ2) is 11.6. The van der Waals surface area contributed by atoms with Gasteiger partial charge in [-0.3, -0.25) is 0 Å². The summed E-state index contributed by atoms with van der Waals surface area (Å²) in [5.74, 6) is 1.31. The first kappa shape index (κ1) is 27.1. The van der Waals surface area contributed by atoms with E-state index in [-0.39, 0.29) is 17.9 Å². The van der Waals surface area contributed by atoms with Crippen LogP contribution in [0, 0.1) is 6.92 Å². The van der Waals surface area contributed by atoms with Crippen LogP contribution in [-0.2, 0) is 25.1 Å². The van der Waals surface area contributed by atoms with Gasteiger partial charge in [-0.2, -0.15) is 0 Å². The van der Waals surface area contributed by atoms with Gasteiger partial charge in [-0.25, -0.2) is 23.4 Å². The fraction of sp³-hybridized carbons (Fsp3) is 0.560. The van der Waals surface area contributed by atoms with E-state index in [4.69, 9.17) is 14.2 Å². The van der Waals surface area contributed by atoms with E-state index in [1.807, 2.05) is 37.5 Å². The number of ether oxygens (including phenoxy) is 3. The standard InChI is InChI=1S/C25H34N6O5S/c1-16(2)36-23(24-26-13-17(3)14-27-24)18(4)37(32,33)15-21-29-30-25(20-7-6-8-22(28-20)34-5)31(21)19-9-11-35-12-10-19/h6-8,13-14,16,18-19,23H,9-12,15H2,1-5H3/t18-,23+/m0/s1. The van der Waals surface area contributed by atoms with Gasteiger partial charge in [0.25, 0.3) is 0 Å². The topological polar surface area (TPSA) is 131 Å². The molecule has 1 aliphatic rings. The summed E-state index contributed by atoms with van der Waals surface area (Å²) < 4.78 is 46.3. The summed E-state index contributed by atoms with van der Waals surface area (Å²) in [5.41, 5.74) is 1.44. The second-order valence-electron chi connectivity index (χ2n) is 9.45. The van der Waals surface area contributed by atoms with Crippen molar-refractivity contribution in [3.63, 3.8) is 0 Å². The Morgan fingerprint density at radius 3 is 2.46 bits per heavy atom. The minimum atomic E-state index is -3.76. The molecule has 2 atom stereocenters. The SMILES string of the molecule is COc1cccc(-c2nnc(CS(=O)(=O)[C@@H](C)[C@@H](OC(C)C)c3ncc(C)cn3)n2C2CCOCC2)n1. The molecule has 1 fully saturated rings. The van der Waals surface area contributed by atoms with Gasteiger partial charge in [0.2, 0.25) is 5.88 Å². The molecule has 200 valence electrons. The van der Waals surface area contributed by atoms with Gasteiger partial charge in [-0.05, 0) is 52.2 Å². The minimum absolute atomic E-state index is 0.0181. The minimum Gasteiger partial charge on any atom is -0.481 e. The fourth-order valence-electron chi connectivity index (χ4n) is 4.30. The normalized spacial score (nSPS) is 16.6. The molecular weight excluding hydrogens is 496 g/mol. The number of aromatic nitrogens is 6. The monoisotopic (exact) mass is 530 g/mol. The summed E-state index contributed by atoms with van der Waals surface area (Å²) in [4.78, 5) is 13.2. The van der Waals surface area contributed by atoms with Crippen LogP contribution in [0.15, 0.2) is 30.6 Å². The molecule has 1 saturated heterocycles. The van der Waals surface area contributed by atoms with Crippen LogP contribution in [0.3, 0.4) is 0 Å². The Morgan fingerprint density at radius 1 is 1.11 bits per heavy atom. The highest BCUT2D eigenvalue weighted by Gasteiger charge is 2.36. The Kier molecular flexibility index (Phi) is 8.50. The highest BCUT2D eigenvalue weighted by atomic mass is 32.2. The van der Waals surface area contributed by atoms with Crippen LogP contribution in [0.25, 0.3) is 11.5 Å². The Hall–Kier alpha value is -2.96. The smallest absolute Gasteiger partial charge is 0.213 e. The van der Waals surface area contributed by atoms with Gasteiger partial charge >= 0.3 is 0 Å². The molecule has 0 saturated carbocycles. The zero-order valence-electron chi connectivity index (χ0n) is 21.9. The molecule has 3 aromatic heterocycles. The largest absolute Gasteiger partial charge is 0.481 e. The van der Waals surface area contributed by atoms with Crippen molar-refractivity contribution in [2.24, 2.45) is 0 Å². The molecule has 11 nitrogen and oxygen atoms in total. The highest BCUT2D eigenvalue weighted by molar-refractivity contribution is 7.91. The summed E-state index contributed by atoms with van der Waals surface area (Å²) in [6.45, 7) is 8.37. The van der Waals surface area contributed by atoms with Crippen molar-refractivity contribution in [1.29, 1.82) is 0 Å². The molecule has 0 spiro atoms. The molecule has 4 heterocycles. The molecule has 3 aromatic rings. The predicted molar refractivity (Wildman–Crippen MR) is 137 cm³/mol. The van der Waals surface area contributed by atoms with Crippen molar-refractivity contribution >= 4 is 9.84 Å². The average Bonchev–Trinajstić information content (AvgIpc) is 3.30. The van der Waals surface area contributed by atoms with Crippen LogP contribution in [-0.4, -0.2) is 69.8 Å². The molecule has 0 N–H and O–H groups in total. The van der Waals surface area contributed by atoms with Crippen LogP contribution >= 0.6 is 0 Å². The first-order valence-electron chi connectivity index (χ1n) is 12.4. The maximum Gasteiger partial charge on any atom is 0.213 e. The van der Waals surface area contributed by atoms with Gasteiger partial charge in [0.1, 0.15) is 23.4 Å². The van der Waals surface area contributed by atoms with E-state index in [9.17, 15) is 8.42 Å². The number of methoxy groups -OCH3 is 1. The summed E-state index contributed by atoms with van der Waals surface area (Å²) >= 11 is 0.